The van der Waals surface area contributed by atoms with Gasteiger partial charge in [0, 0.05) is 31.0 Å². The van der Waals surface area contributed by atoms with Gasteiger partial charge in [0.2, 0.25) is 0 Å². The Bertz CT molecular complexity index is 605. The lowest BCUT2D eigenvalue weighted by Gasteiger charge is -2.24. The molecule has 2 aromatic rings. The average Bonchev–Trinajstić information content (AvgIpc) is 2.99. The second-order valence-corrected chi connectivity index (χ2v) is 5.11. The van der Waals surface area contributed by atoms with Crippen LogP contribution in [-0.2, 0) is 0 Å². The fourth-order valence-corrected chi connectivity index (χ4v) is 2.76. The van der Waals surface area contributed by atoms with Crippen molar-refractivity contribution >= 4 is 16.9 Å². The number of aromatic nitrogens is 2. The molecule has 0 spiro atoms. The van der Waals surface area contributed by atoms with Crippen molar-refractivity contribution in [2.24, 2.45) is 0 Å². The number of fused-ring (bicyclic) bond motifs is 1. The summed E-state index contributed by atoms with van der Waals surface area (Å²) in [4.78, 5) is 22.8. The first-order chi connectivity index (χ1) is 9.25. The Labute approximate surface area is 112 Å². The molecule has 3 rings (SSSR count). The molecule has 1 amide bonds. The summed E-state index contributed by atoms with van der Waals surface area (Å²) in [6.45, 7) is 0. The van der Waals surface area contributed by atoms with Crippen molar-refractivity contribution < 1.29 is 4.79 Å². The Balaban J connectivity index is 1.88. The van der Waals surface area contributed by atoms with Crippen LogP contribution >= 0.6 is 0 Å². The smallest absolute Gasteiger partial charge is 0.253 e. The molecule has 1 aromatic carbocycles. The maximum absolute atomic E-state index is 12.5. The van der Waals surface area contributed by atoms with Gasteiger partial charge in [0.15, 0.2) is 0 Å². The molecule has 0 aliphatic heterocycles. The summed E-state index contributed by atoms with van der Waals surface area (Å²) in [6.07, 6.45) is 8.01. The number of amides is 1. The van der Waals surface area contributed by atoms with Gasteiger partial charge in [-0.2, -0.15) is 0 Å². The lowest BCUT2D eigenvalue weighted by molar-refractivity contribution is 0.0735. The highest BCUT2D eigenvalue weighted by atomic mass is 16.2. The first-order valence-corrected chi connectivity index (χ1v) is 6.73. The minimum absolute atomic E-state index is 0.0828. The summed E-state index contributed by atoms with van der Waals surface area (Å²) in [5.74, 6) is 0.0828. The van der Waals surface area contributed by atoms with E-state index >= 15 is 0 Å². The molecule has 0 radical (unpaired) electrons. The highest BCUT2D eigenvalue weighted by molar-refractivity contribution is 5.97. The lowest BCUT2D eigenvalue weighted by Crippen LogP contribution is -2.35. The van der Waals surface area contributed by atoms with Crippen molar-refractivity contribution in [3.63, 3.8) is 0 Å². The molecule has 0 bridgehead atoms. The Kier molecular flexibility index (Phi) is 3.15. The molecule has 1 fully saturated rings. The highest BCUT2D eigenvalue weighted by Gasteiger charge is 2.24. The molecule has 98 valence electrons. The SMILES string of the molecule is CN(C(=O)c1ccc2nccnc2c1)C1CCCC1. The molecule has 0 N–H and O–H groups in total. The molecule has 4 heteroatoms. The fourth-order valence-electron chi connectivity index (χ4n) is 2.76. The molecule has 0 saturated heterocycles. The first kappa shape index (κ1) is 12.1. The standard InChI is InChI=1S/C15H17N3O/c1-18(12-4-2-3-5-12)15(19)11-6-7-13-14(10-11)17-9-8-16-13/h6-10,12H,2-5H2,1H3. The molecule has 19 heavy (non-hydrogen) atoms. The third-order valence-electron chi connectivity index (χ3n) is 3.91. The first-order valence-electron chi connectivity index (χ1n) is 6.73. The Morgan fingerprint density at radius 1 is 1.16 bits per heavy atom. The topological polar surface area (TPSA) is 46.1 Å². The van der Waals surface area contributed by atoms with Crippen LogP contribution < -0.4 is 0 Å². The van der Waals surface area contributed by atoms with E-state index in [-0.39, 0.29) is 5.91 Å². The van der Waals surface area contributed by atoms with Crippen LogP contribution in [0.15, 0.2) is 30.6 Å². The maximum atomic E-state index is 12.5. The molecule has 1 aliphatic carbocycles. The Morgan fingerprint density at radius 3 is 2.58 bits per heavy atom. The number of hydrogen-bond donors (Lipinski definition) is 0. The number of nitrogens with zero attached hydrogens (tertiary/aromatic N) is 3. The zero-order valence-corrected chi connectivity index (χ0v) is 11.0. The molecule has 1 heterocycles. The number of benzene rings is 1. The van der Waals surface area contributed by atoms with Crippen LogP contribution in [0.3, 0.4) is 0 Å². The van der Waals surface area contributed by atoms with E-state index in [0.717, 1.165) is 23.9 Å². The van der Waals surface area contributed by atoms with Crippen LogP contribution in [-0.4, -0.2) is 33.9 Å². The van der Waals surface area contributed by atoms with Crippen molar-refractivity contribution in [2.45, 2.75) is 31.7 Å². The summed E-state index contributed by atoms with van der Waals surface area (Å²) < 4.78 is 0. The van der Waals surface area contributed by atoms with Gasteiger partial charge in [0.05, 0.1) is 11.0 Å². The maximum Gasteiger partial charge on any atom is 0.253 e. The van der Waals surface area contributed by atoms with E-state index in [9.17, 15) is 4.79 Å². The van der Waals surface area contributed by atoms with E-state index in [1.165, 1.54) is 12.8 Å². The van der Waals surface area contributed by atoms with E-state index < -0.39 is 0 Å². The molecular formula is C15H17N3O. The summed E-state index contributed by atoms with van der Waals surface area (Å²) in [5.41, 5.74) is 2.29. The van der Waals surface area contributed by atoms with Gasteiger partial charge in [0.25, 0.3) is 5.91 Å². The molecule has 4 nitrogen and oxygen atoms in total. The van der Waals surface area contributed by atoms with Crippen molar-refractivity contribution in [1.82, 2.24) is 14.9 Å². The molecule has 1 aliphatic rings. The largest absolute Gasteiger partial charge is 0.339 e. The van der Waals surface area contributed by atoms with Gasteiger partial charge in [-0.1, -0.05) is 12.8 Å². The van der Waals surface area contributed by atoms with Gasteiger partial charge >= 0.3 is 0 Å². The summed E-state index contributed by atoms with van der Waals surface area (Å²) in [7, 11) is 1.90. The van der Waals surface area contributed by atoms with E-state index in [2.05, 4.69) is 9.97 Å². The van der Waals surface area contributed by atoms with Crippen molar-refractivity contribution in [3.8, 4) is 0 Å². The monoisotopic (exact) mass is 255 g/mol. The van der Waals surface area contributed by atoms with E-state index in [4.69, 9.17) is 0 Å². The van der Waals surface area contributed by atoms with Gasteiger partial charge in [-0.3, -0.25) is 14.8 Å². The molecule has 1 aromatic heterocycles. The van der Waals surface area contributed by atoms with Crippen LogP contribution in [0.25, 0.3) is 11.0 Å². The normalized spacial score (nSPS) is 15.8. The van der Waals surface area contributed by atoms with Gasteiger partial charge in [-0.05, 0) is 31.0 Å². The summed E-state index contributed by atoms with van der Waals surface area (Å²) in [5, 5.41) is 0. The van der Waals surface area contributed by atoms with Crippen LogP contribution in [0.4, 0.5) is 0 Å². The zero-order chi connectivity index (χ0) is 13.2. The molecular weight excluding hydrogens is 238 g/mol. The second kappa shape index (κ2) is 4.96. The van der Waals surface area contributed by atoms with Crippen molar-refractivity contribution in [3.05, 3.63) is 36.2 Å². The molecule has 0 atom stereocenters. The lowest BCUT2D eigenvalue weighted by atomic mass is 10.1. The predicted molar refractivity (Wildman–Crippen MR) is 73.9 cm³/mol. The van der Waals surface area contributed by atoms with E-state index in [1.807, 2.05) is 30.1 Å². The fraction of sp³-hybridized carbons (Fsp3) is 0.400. The number of carbonyl (C=O) groups excluding carboxylic acids is 1. The Hall–Kier alpha value is -1.97. The minimum atomic E-state index is 0.0828. The molecule has 0 unspecified atom stereocenters. The van der Waals surface area contributed by atoms with Crippen LogP contribution in [0.1, 0.15) is 36.0 Å². The quantitative estimate of drug-likeness (QED) is 0.828. The van der Waals surface area contributed by atoms with Gasteiger partial charge < -0.3 is 4.90 Å². The van der Waals surface area contributed by atoms with Crippen molar-refractivity contribution in [2.75, 3.05) is 7.05 Å². The zero-order valence-electron chi connectivity index (χ0n) is 11.0. The molecule has 1 saturated carbocycles. The number of rotatable bonds is 2. The average molecular weight is 255 g/mol. The van der Waals surface area contributed by atoms with Crippen molar-refractivity contribution in [1.29, 1.82) is 0 Å². The van der Waals surface area contributed by atoms with Gasteiger partial charge in [-0.25, -0.2) is 0 Å². The predicted octanol–water partition coefficient (Wildman–Crippen LogP) is 2.64. The van der Waals surface area contributed by atoms with E-state index in [0.29, 0.717) is 11.6 Å². The van der Waals surface area contributed by atoms with E-state index in [1.54, 1.807) is 12.4 Å². The number of hydrogen-bond acceptors (Lipinski definition) is 3. The van der Waals surface area contributed by atoms with Gasteiger partial charge in [0.1, 0.15) is 0 Å². The third-order valence-corrected chi connectivity index (χ3v) is 3.91. The second-order valence-electron chi connectivity index (χ2n) is 5.11. The summed E-state index contributed by atoms with van der Waals surface area (Å²) >= 11 is 0. The van der Waals surface area contributed by atoms with Crippen LogP contribution in [0.2, 0.25) is 0 Å². The number of carbonyl (C=O) groups is 1. The Morgan fingerprint density at radius 2 is 1.84 bits per heavy atom. The van der Waals surface area contributed by atoms with Gasteiger partial charge in [-0.15, -0.1) is 0 Å². The highest BCUT2D eigenvalue weighted by Crippen LogP contribution is 2.24. The third kappa shape index (κ3) is 2.30. The summed E-state index contributed by atoms with van der Waals surface area (Å²) in [6, 6.07) is 5.92. The minimum Gasteiger partial charge on any atom is -0.339 e. The van der Waals surface area contributed by atoms with Crippen LogP contribution in [0, 0.1) is 0 Å². The van der Waals surface area contributed by atoms with Crippen LogP contribution in [0.5, 0.6) is 0 Å².